The molecule has 0 aromatic heterocycles. The zero-order valence-electron chi connectivity index (χ0n) is 31.6. The van der Waals surface area contributed by atoms with Crippen molar-refractivity contribution in [1.82, 2.24) is 16.0 Å². The Morgan fingerprint density at radius 1 is 0.696 bits per heavy atom. The molecule has 292 valence electrons. The Labute approximate surface area is 329 Å². The Balaban J connectivity index is 1.20. The van der Waals surface area contributed by atoms with Crippen LogP contribution in [0.2, 0.25) is 0 Å². The number of hydrogen-bond acceptors (Lipinski definition) is 7. The van der Waals surface area contributed by atoms with Crippen molar-refractivity contribution >= 4 is 23.9 Å². The Morgan fingerprint density at radius 2 is 1.27 bits per heavy atom. The molecule has 1 aliphatic rings. The number of fused-ring (bicyclic) bond motifs is 3. The maximum Gasteiger partial charge on any atom is 0.407 e. The molecule has 1 aliphatic carbocycles. The van der Waals surface area contributed by atoms with E-state index in [9.17, 15) is 24.3 Å². The summed E-state index contributed by atoms with van der Waals surface area (Å²) in [5.41, 5.74) is 6.22. The lowest BCUT2D eigenvalue weighted by Gasteiger charge is -2.24. The van der Waals surface area contributed by atoms with Crippen LogP contribution in [0.1, 0.15) is 53.9 Å². The van der Waals surface area contributed by atoms with Crippen molar-refractivity contribution in [2.24, 2.45) is 5.92 Å². The zero-order chi connectivity index (χ0) is 39.7. The lowest BCUT2D eigenvalue weighted by Crippen LogP contribution is -2.47. The highest BCUT2D eigenvalue weighted by Gasteiger charge is 2.31. The number of ether oxygens (including phenoxy) is 2. The molecule has 0 saturated heterocycles. The van der Waals surface area contributed by atoms with Crippen molar-refractivity contribution in [3.05, 3.63) is 157 Å². The van der Waals surface area contributed by atoms with Gasteiger partial charge in [-0.05, 0) is 65.5 Å². The van der Waals surface area contributed by atoms with E-state index in [0.717, 1.165) is 33.4 Å². The Bertz CT molecular complexity index is 1890. The van der Waals surface area contributed by atoms with Crippen LogP contribution in [0.4, 0.5) is 4.79 Å². The first-order chi connectivity index (χ1) is 27.3. The molecule has 0 aliphatic heterocycles. The van der Waals surface area contributed by atoms with E-state index in [1.54, 1.807) is 12.2 Å². The second-order valence-electron chi connectivity index (χ2n) is 14.0. The summed E-state index contributed by atoms with van der Waals surface area (Å²) in [5.74, 6) is -2.36. The Kier molecular flexibility index (Phi) is 15.6. The lowest BCUT2D eigenvalue weighted by molar-refractivity contribution is -0.147. The van der Waals surface area contributed by atoms with Gasteiger partial charge in [0.2, 0.25) is 11.8 Å². The number of allylic oxidation sites excluding steroid dienone is 2. The summed E-state index contributed by atoms with van der Waals surface area (Å²) < 4.78 is 11.5. The second kappa shape index (κ2) is 21.2. The highest BCUT2D eigenvalue weighted by Crippen LogP contribution is 2.44. The van der Waals surface area contributed by atoms with E-state index in [-0.39, 0.29) is 50.9 Å². The average molecular weight is 758 g/mol. The maximum absolute atomic E-state index is 13.7. The number of carbonyl (C=O) groups is 4. The minimum Gasteiger partial charge on any atom is -0.462 e. The number of alkyl carbamates (subject to hydrolysis) is 1. The number of nitrogens with one attached hydrogen (secondary N) is 3. The van der Waals surface area contributed by atoms with Gasteiger partial charge >= 0.3 is 12.1 Å². The lowest BCUT2D eigenvalue weighted by atomic mass is 9.98. The van der Waals surface area contributed by atoms with Crippen LogP contribution in [-0.2, 0) is 36.7 Å². The van der Waals surface area contributed by atoms with Gasteiger partial charge in [0.05, 0.1) is 24.6 Å². The monoisotopic (exact) mass is 757 g/mol. The van der Waals surface area contributed by atoms with E-state index >= 15 is 0 Å². The first kappa shape index (κ1) is 41.2. The molecule has 0 saturated carbocycles. The normalized spacial score (nSPS) is 13.8. The number of amides is 3. The second-order valence-corrected chi connectivity index (χ2v) is 14.0. The van der Waals surface area contributed by atoms with Crippen molar-refractivity contribution < 1.29 is 33.8 Å². The van der Waals surface area contributed by atoms with Crippen molar-refractivity contribution in [2.45, 2.75) is 62.6 Å². The summed E-state index contributed by atoms with van der Waals surface area (Å²) in [6.45, 7) is 7.18. The van der Waals surface area contributed by atoms with E-state index < -0.39 is 42.0 Å². The summed E-state index contributed by atoms with van der Waals surface area (Å²) in [7, 11) is 0. The van der Waals surface area contributed by atoms with Crippen molar-refractivity contribution in [2.75, 3.05) is 19.8 Å². The summed E-state index contributed by atoms with van der Waals surface area (Å²) >= 11 is 0. The molecule has 4 atom stereocenters. The van der Waals surface area contributed by atoms with Gasteiger partial charge in [0, 0.05) is 12.3 Å². The summed E-state index contributed by atoms with van der Waals surface area (Å²) in [6.07, 6.45) is 4.03. The maximum atomic E-state index is 13.7. The van der Waals surface area contributed by atoms with Crippen molar-refractivity contribution in [3.63, 3.8) is 0 Å². The molecule has 5 rings (SSSR count). The summed E-state index contributed by atoms with van der Waals surface area (Å²) in [6, 6.07) is 32.8. The first-order valence-corrected chi connectivity index (χ1v) is 19.1. The number of benzene rings is 4. The van der Waals surface area contributed by atoms with Crippen LogP contribution < -0.4 is 16.0 Å². The number of esters is 1. The van der Waals surface area contributed by atoms with Gasteiger partial charge in [0.25, 0.3) is 0 Å². The minimum atomic E-state index is -1.02. The van der Waals surface area contributed by atoms with Crippen LogP contribution in [0, 0.1) is 5.92 Å². The Morgan fingerprint density at radius 3 is 1.84 bits per heavy atom. The van der Waals surface area contributed by atoms with E-state index in [0.29, 0.717) is 19.3 Å². The number of carbonyl (C=O) groups excluding carboxylic acids is 4. The van der Waals surface area contributed by atoms with Gasteiger partial charge in [-0.15, -0.1) is 13.2 Å². The van der Waals surface area contributed by atoms with Crippen LogP contribution >= 0.6 is 0 Å². The molecule has 4 aromatic carbocycles. The molecule has 3 amide bonds. The molecule has 0 fully saturated rings. The number of aliphatic hydroxyl groups excluding tert-OH is 1. The molecular formula is C46H51N3O7. The smallest absolute Gasteiger partial charge is 0.407 e. The van der Waals surface area contributed by atoms with Gasteiger partial charge in [-0.3, -0.25) is 9.59 Å². The molecule has 0 bridgehead atoms. The third-order valence-corrected chi connectivity index (χ3v) is 9.84. The number of aliphatic hydroxyl groups is 1. The van der Waals surface area contributed by atoms with Crippen molar-refractivity contribution in [1.29, 1.82) is 0 Å². The molecule has 4 aromatic rings. The highest BCUT2D eigenvalue weighted by atomic mass is 16.6. The van der Waals surface area contributed by atoms with Gasteiger partial charge in [0.1, 0.15) is 19.3 Å². The zero-order valence-corrected chi connectivity index (χ0v) is 31.6. The first-order valence-electron chi connectivity index (χ1n) is 19.1. The molecule has 4 N–H and O–H groups in total. The molecular weight excluding hydrogens is 707 g/mol. The highest BCUT2D eigenvalue weighted by molar-refractivity contribution is 5.86. The van der Waals surface area contributed by atoms with Crippen LogP contribution in [-0.4, -0.2) is 66.9 Å². The topological polar surface area (TPSA) is 143 Å². The summed E-state index contributed by atoms with van der Waals surface area (Å²) in [4.78, 5) is 53.5. The standard InChI is InChI=1S/C46H51N3O7/c1-3-5-25-42(49-46(54)56-31-41-39-23-14-12-21-37(39)38-22-13-15-24-40(38)41)45(53)55-30-36(27-33-19-10-7-11-20-33)48-44(52)34(16-4-2)28-43(51)47-35(29-50)26-32-17-8-6-9-18-32/h3-4,6-15,17-24,34-36,41-42,50H,1-2,5,16,25-31H2,(H,47,51)(H,48,52)(H,49,54)/t34-,35-,36+,42+/m1/s1. The SMILES string of the molecule is C=CCC[C@H](NC(=O)OCC1c2ccccc2-c2ccccc21)C(=O)OC[C@H](Cc1ccccc1)NC(=O)[C@H](CC=C)CC(=O)N[C@@H](CO)Cc1ccccc1. The van der Waals surface area contributed by atoms with E-state index in [1.165, 1.54) is 0 Å². The molecule has 10 nitrogen and oxygen atoms in total. The third-order valence-electron chi connectivity index (χ3n) is 9.84. The fourth-order valence-electron chi connectivity index (χ4n) is 7.02. The molecule has 10 heteroatoms. The molecule has 0 spiro atoms. The largest absolute Gasteiger partial charge is 0.462 e. The van der Waals surface area contributed by atoms with Crippen LogP contribution in [0.5, 0.6) is 0 Å². The van der Waals surface area contributed by atoms with Crippen LogP contribution in [0.3, 0.4) is 0 Å². The van der Waals surface area contributed by atoms with Crippen LogP contribution in [0.25, 0.3) is 11.1 Å². The van der Waals surface area contributed by atoms with Crippen molar-refractivity contribution in [3.8, 4) is 11.1 Å². The van der Waals surface area contributed by atoms with E-state index in [1.807, 2.05) is 97.1 Å². The van der Waals surface area contributed by atoms with Gasteiger partial charge in [-0.2, -0.15) is 0 Å². The van der Waals surface area contributed by atoms with Gasteiger partial charge < -0.3 is 30.5 Å². The molecule has 56 heavy (non-hydrogen) atoms. The quantitative estimate of drug-likeness (QED) is 0.0567. The summed E-state index contributed by atoms with van der Waals surface area (Å²) in [5, 5.41) is 18.4. The van der Waals surface area contributed by atoms with Gasteiger partial charge in [-0.1, -0.05) is 121 Å². The van der Waals surface area contributed by atoms with Crippen LogP contribution in [0.15, 0.2) is 135 Å². The van der Waals surface area contributed by atoms with Gasteiger partial charge in [-0.25, -0.2) is 9.59 Å². The predicted octanol–water partition coefficient (Wildman–Crippen LogP) is 6.43. The Hall–Kier alpha value is -6.00. The van der Waals surface area contributed by atoms with Gasteiger partial charge in [0.15, 0.2) is 0 Å². The minimum absolute atomic E-state index is 0.0891. The molecule has 0 heterocycles. The van der Waals surface area contributed by atoms with E-state index in [4.69, 9.17) is 9.47 Å². The molecule has 0 radical (unpaired) electrons. The number of hydrogen-bond donors (Lipinski definition) is 4. The molecule has 0 unspecified atom stereocenters. The predicted molar refractivity (Wildman–Crippen MR) is 217 cm³/mol. The third kappa shape index (κ3) is 11.7. The fraction of sp³-hybridized carbons (Fsp3) is 0.304. The average Bonchev–Trinajstić information content (AvgIpc) is 3.54. The number of rotatable bonds is 21. The van der Waals surface area contributed by atoms with E-state index in [2.05, 4.69) is 41.2 Å². The fourth-order valence-corrected chi connectivity index (χ4v) is 7.02.